The number of rotatable bonds is 15. The smallest absolute Gasteiger partial charge is 0.475 e. The fourth-order valence-electron chi connectivity index (χ4n) is 5.32. The van der Waals surface area contributed by atoms with Crippen molar-refractivity contribution in [3.8, 4) is 0 Å². The number of alkyl halides is 3. The van der Waals surface area contributed by atoms with Crippen molar-refractivity contribution in [1.82, 2.24) is 15.6 Å². The van der Waals surface area contributed by atoms with E-state index in [0.29, 0.717) is 36.9 Å². The summed E-state index contributed by atoms with van der Waals surface area (Å²) in [5.74, 6) is -4.64. The van der Waals surface area contributed by atoms with E-state index < -0.39 is 42.0 Å². The van der Waals surface area contributed by atoms with Crippen LogP contribution in [0.1, 0.15) is 74.0 Å². The molecule has 0 spiro atoms. The molecule has 1 saturated carbocycles. The predicted molar refractivity (Wildman–Crippen MR) is 176 cm³/mol. The van der Waals surface area contributed by atoms with E-state index in [0.717, 1.165) is 37.7 Å². The van der Waals surface area contributed by atoms with Crippen LogP contribution in [-0.4, -0.2) is 70.4 Å². The average Bonchev–Trinajstić information content (AvgIpc) is 3.05. The second-order valence-electron chi connectivity index (χ2n) is 11.7. The Labute approximate surface area is 281 Å². The number of nitrogen functional groups attached to an aromatic ring is 1. The number of benzene rings is 1. The number of carbonyl (C=O) groups excluding carboxylic acids is 3. The van der Waals surface area contributed by atoms with E-state index in [1.807, 2.05) is 18.2 Å². The summed E-state index contributed by atoms with van der Waals surface area (Å²) in [5, 5.41) is 20.5. The number of carbonyl (C=O) groups is 4. The molecule has 3 amide bonds. The summed E-state index contributed by atoms with van der Waals surface area (Å²) in [5.41, 5.74) is 24.1. The summed E-state index contributed by atoms with van der Waals surface area (Å²) < 4.78 is 31.7. The number of halogens is 3. The number of hydrogen-bond acceptors (Lipinski definition) is 7. The topological polar surface area (TPSA) is 266 Å². The maximum Gasteiger partial charge on any atom is 0.490 e. The molecule has 0 aliphatic heterocycles. The van der Waals surface area contributed by atoms with Gasteiger partial charge in [0.2, 0.25) is 17.7 Å². The normalized spacial score (nSPS) is 14.9. The Bertz CT molecular complexity index is 1430. The second kappa shape index (κ2) is 19.6. The van der Waals surface area contributed by atoms with E-state index in [9.17, 15) is 27.6 Å². The van der Waals surface area contributed by atoms with Gasteiger partial charge in [0.1, 0.15) is 17.9 Å². The number of nitrogens with one attached hydrogen (secondary N) is 3. The minimum Gasteiger partial charge on any atom is -0.475 e. The van der Waals surface area contributed by atoms with Crippen LogP contribution in [0, 0.1) is 11.3 Å². The van der Waals surface area contributed by atoms with Crippen molar-refractivity contribution in [2.75, 3.05) is 6.54 Å². The molecule has 1 aliphatic rings. The first kappa shape index (κ1) is 40.0. The van der Waals surface area contributed by atoms with Crippen LogP contribution >= 0.6 is 0 Å². The maximum absolute atomic E-state index is 13.9. The standard InChI is InChI=1S/C30H43N9O3.C2HF3O2/c31-26(32)21-12-10-20(11-13-21)16-23(22-8-4-14-36-18-22)28(41)39-25(17-19-6-2-1-3-7-19)29(42)38-24(27(33)40)9-5-15-37-30(34)35;3-2(4,5)1(6)7/h4,8,10-14,18-19,23-25H,1-3,5-7,9,15-17H2,(H3,31,32)(H2,33,40)(H,38,42)(H,39,41)(H4,34,35,37);(H,6,7)/t23?,24-,25-;/m0./s1. The van der Waals surface area contributed by atoms with Gasteiger partial charge in [-0.25, -0.2) is 4.79 Å². The maximum atomic E-state index is 13.9. The molecule has 1 aromatic heterocycles. The lowest BCUT2D eigenvalue weighted by molar-refractivity contribution is -0.192. The second-order valence-corrected chi connectivity index (χ2v) is 11.7. The van der Waals surface area contributed by atoms with E-state index >= 15 is 0 Å². The number of aromatic nitrogens is 1. The van der Waals surface area contributed by atoms with Crippen molar-refractivity contribution < 1.29 is 37.5 Å². The van der Waals surface area contributed by atoms with E-state index in [4.69, 9.17) is 38.2 Å². The fraction of sp³-hybridized carbons (Fsp3) is 0.469. The van der Waals surface area contributed by atoms with Crippen LogP contribution in [0.2, 0.25) is 0 Å². The number of nitrogens with zero attached hydrogens (tertiary/aromatic N) is 2. The lowest BCUT2D eigenvalue weighted by atomic mass is 9.84. The summed E-state index contributed by atoms with van der Waals surface area (Å²) in [6.07, 6.45) is 4.98. The molecule has 268 valence electrons. The van der Waals surface area contributed by atoms with Gasteiger partial charge < -0.3 is 38.7 Å². The zero-order valence-corrected chi connectivity index (χ0v) is 26.9. The number of carboxylic acid groups (broad SMARTS) is 1. The first-order valence-corrected chi connectivity index (χ1v) is 15.7. The fourth-order valence-corrected chi connectivity index (χ4v) is 5.32. The zero-order chi connectivity index (χ0) is 36.6. The molecule has 1 fully saturated rings. The summed E-state index contributed by atoms with van der Waals surface area (Å²) >= 11 is 0. The molecule has 12 N–H and O–H groups in total. The van der Waals surface area contributed by atoms with Crippen LogP contribution in [0.3, 0.4) is 0 Å². The zero-order valence-electron chi connectivity index (χ0n) is 26.9. The van der Waals surface area contributed by atoms with Crippen LogP contribution in [0.5, 0.6) is 0 Å². The van der Waals surface area contributed by atoms with Gasteiger partial charge in [-0.3, -0.25) is 29.8 Å². The molecule has 1 heterocycles. The molecule has 17 heteroatoms. The molecule has 2 aromatic rings. The van der Waals surface area contributed by atoms with Crippen LogP contribution < -0.4 is 33.6 Å². The monoisotopic (exact) mass is 691 g/mol. The lowest BCUT2D eigenvalue weighted by Crippen LogP contribution is -2.54. The first-order chi connectivity index (χ1) is 23.1. The molecular formula is C32H44F3N9O5. The van der Waals surface area contributed by atoms with E-state index in [2.05, 4.69) is 20.6 Å². The average molecular weight is 692 g/mol. The van der Waals surface area contributed by atoms with Gasteiger partial charge in [-0.2, -0.15) is 13.2 Å². The summed E-state index contributed by atoms with van der Waals surface area (Å²) in [4.78, 5) is 56.6. The van der Waals surface area contributed by atoms with Gasteiger partial charge in [-0.05, 0) is 48.8 Å². The third-order valence-electron chi connectivity index (χ3n) is 7.88. The molecule has 0 radical (unpaired) electrons. The Morgan fingerprint density at radius 2 is 1.57 bits per heavy atom. The molecule has 0 bridgehead atoms. The van der Waals surface area contributed by atoms with Gasteiger partial charge in [0, 0.05) is 24.5 Å². The van der Waals surface area contributed by atoms with Gasteiger partial charge in [-0.15, -0.1) is 0 Å². The highest BCUT2D eigenvalue weighted by Gasteiger charge is 2.38. The number of pyridine rings is 1. The summed E-state index contributed by atoms with van der Waals surface area (Å²) in [7, 11) is 0. The molecule has 3 rings (SSSR count). The molecule has 3 atom stereocenters. The number of amidine groups is 1. The SMILES string of the molecule is N=C(N)c1ccc(CC(C(=O)N[C@@H](CC2CCCCC2)C(=O)N[C@@H](CCCN=C(N)N)C(N)=O)c2cccnc2)cc1.O=C(O)C(F)(F)F. The lowest BCUT2D eigenvalue weighted by Gasteiger charge is -2.29. The van der Waals surface area contributed by atoms with Gasteiger partial charge in [0.25, 0.3) is 0 Å². The highest BCUT2D eigenvalue weighted by Crippen LogP contribution is 2.28. The first-order valence-electron chi connectivity index (χ1n) is 15.7. The van der Waals surface area contributed by atoms with Gasteiger partial charge >= 0.3 is 12.1 Å². The Hall–Kier alpha value is -5.22. The van der Waals surface area contributed by atoms with E-state index in [-0.39, 0.29) is 30.0 Å². The van der Waals surface area contributed by atoms with Crippen LogP contribution in [0.15, 0.2) is 53.8 Å². The van der Waals surface area contributed by atoms with Crippen molar-refractivity contribution in [3.63, 3.8) is 0 Å². The predicted octanol–water partition coefficient (Wildman–Crippen LogP) is 1.80. The molecule has 1 aromatic carbocycles. The number of carboxylic acids is 1. The molecule has 1 aliphatic carbocycles. The number of amides is 3. The number of nitrogens with two attached hydrogens (primary N) is 4. The minimum atomic E-state index is -5.08. The molecule has 1 unspecified atom stereocenters. The van der Waals surface area contributed by atoms with Crippen molar-refractivity contribution in [2.24, 2.45) is 33.8 Å². The van der Waals surface area contributed by atoms with E-state index in [1.54, 1.807) is 30.6 Å². The highest BCUT2D eigenvalue weighted by molar-refractivity contribution is 5.95. The third-order valence-corrected chi connectivity index (χ3v) is 7.88. The number of aliphatic imine (C=N–C) groups is 1. The van der Waals surface area contributed by atoms with Crippen molar-refractivity contribution in [3.05, 3.63) is 65.5 Å². The van der Waals surface area contributed by atoms with Crippen molar-refractivity contribution in [2.45, 2.75) is 82.0 Å². The van der Waals surface area contributed by atoms with Crippen LogP contribution in [0.25, 0.3) is 0 Å². The van der Waals surface area contributed by atoms with Crippen molar-refractivity contribution in [1.29, 1.82) is 5.41 Å². The van der Waals surface area contributed by atoms with Gasteiger partial charge in [0.15, 0.2) is 5.96 Å². The largest absolute Gasteiger partial charge is 0.490 e. The third kappa shape index (κ3) is 14.6. The molecular weight excluding hydrogens is 647 g/mol. The Balaban J connectivity index is 0.00000107. The molecule has 14 nitrogen and oxygen atoms in total. The number of aliphatic carboxylic acids is 1. The number of hydrogen-bond donors (Lipinski definition) is 8. The van der Waals surface area contributed by atoms with E-state index in [1.165, 1.54) is 0 Å². The van der Waals surface area contributed by atoms with Gasteiger partial charge in [0.05, 0.1) is 5.92 Å². The number of guanidine groups is 1. The minimum absolute atomic E-state index is 0.0369. The van der Waals surface area contributed by atoms with Gasteiger partial charge in [-0.1, -0.05) is 62.4 Å². The van der Waals surface area contributed by atoms with Crippen molar-refractivity contribution >= 4 is 35.5 Å². The molecule has 0 saturated heterocycles. The Morgan fingerprint density at radius 1 is 0.959 bits per heavy atom. The Morgan fingerprint density at radius 3 is 2.08 bits per heavy atom. The Kier molecular flexibility index (Phi) is 16.0. The van der Waals surface area contributed by atoms with Crippen LogP contribution in [0.4, 0.5) is 13.2 Å². The number of primary amides is 1. The molecule has 49 heavy (non-hydrogen) atoms. The highest BCUT2D eigenvalue weighted by atomic mass is 19.4. The quantitative estimate of drug-likeness (QED) is 0.0768. The van der Waals surface area contributed by atoms with Crippen LogP contribution in [-0.2, 0) is 25.6 Å². The summed E-state index contributed by atoms with van der Waals surface area (Å²) in [6.45, 7) is 0.296. The summed E-state index contributed by atoms with van der Waals surface area (Å²) in [6, 6.07) is 8.97.